The molecule has 0 aromatic heterocycles. The molecule has 0 amide bonds. The second-order valence-corrected chi connectivity index (χ2v) is 4.31. The van der Waals surface area contributed by atoms with Gasteiger partial charge in [-0.05, 0) is 24.0 Å². The van der Waals surface area contributed by atoms with Crippen LogP contribution >= 0.6 is 0 Å². The zero-order valence-electron chi connectivity index (χ0n) is 10.0. The molecule has 2 rings (SSSR count). The summed E-state index contributed by atoms with van der Waals surface area (Å²) in [6.07, 6.45) is 5.98. The largest absolute Gasteiger partial charge is 0.295 e. The van der Waals surface area contributed by atoms with Crippen molar-refractivity contribution in [2.24, 2.45) is 0 Å². The van der Waals surface area contributed by atoms with Crippen LogP contribution in [-0.4, -0.2) is 18.0 Å². The summed E-state index contributed by atoms with van der Waals surface area (Å²) in [5.74, 6) is 0. The normalized spacial score (nSPS) is 17.2. The van der Waals surface area contributed by atoms with Crippen molar-refractivity contribution in [1.82, 2.24) is 4.90 Å². The van der Waals surface area contributed by atoms with Gasteiger partial charge in [0.05, 0.1) is 0 Å². The molecule has 1 heterocycles. The Hall–Kier alpha value is -1.08. The van der Waals surface area contributed by atoms with Crippen molar-refractivity contribution in [3.63, 3.8) is 0 Å². The minimum Gasteiger partial charge on any atom is -0.295 e. The van der Waals surface area contributed by atoms with Crippen LogP contribution < -0.4 is 0 Å². The molecule has 85 valence electrons. The molecule has 0 unspecified atom stereocenters. The van der Waals surface area contributed by atoms with E-state index < -0.39 is 0 Å². The second-order valence-electron chi connectivity index (χ2n) is 4.31. The first-order chi connectivity index (χ1) is 7.90. The van der Waals surface area contributed by atoms with E-state index in [1.54, 1.807) is 0 Å². The fourth-order valence-corrected chi connectivity index (χ4v) is 2.08. The Morgan fingerprint density at radius 3 is 2.69 bits per heavy atom. The van der Waals surface area contributed by atoms with Gasteiger partial charge in [0.1, 0.15) is 0 Å². The van der Waals surface area contributed by atoms with Gasteiger partial charge in [0.2, 0.25) is 0 Å². The van der Waals surface area contributed by atoms with Gasteiger partial charge in [0.25, 0.3) is 0 Å². The maximum absolute atomic E-state index is 2.43. The van der Waals surface area contributed by atoms with E-state index in [-0.39, 0.29) is 0 Å². The third kappa shape index (κ3) is 2.96. The minimum absolute atomic E-state index is 1.07. The highest BCUT2D eigenvalue weighted by Gasteiger charge is 2.11. The number of benzene rings is 1. The van der Waals surface area contributed by atoms with Crippen LogP contribution in [0.2, 0.25) is 0 Å². The van der Waals surface area contributed by atoms with Crippen LogP contribution in [0.5, 0.6) is 0 Å². The van der Waals surface area contributed by atoms with Crippen LogP contribution in [0.15, 0.2) is 36.4 Å². The van der Waals surface area contributed by atoms with Crippen LogP contribution in [0, 0.1) is 6.54 Å². The number of unbranched alkanes of at least 4 members (excludes halogenated alkanes) is 1. The molecule has 0 N–H and O–H groups in total. The Balaban J connectivity index is 1.93. The predicted octanol–water partition coefficient (Wildman–Crippen LogP) is 3.74. The lowest BCUT2D eigenvalue weighted by molar-refractivity contribution is 0.355. The van der Waals surface area contributed by atoms with E-state index in [1.807, 2.05) is 0 Å². The average Bonchev–Trinajstić information content (AvgIpc) is 2.38. The van der Waals surface area contributed by atoms with Crippen LogP contribution in [0.1, 0.15) is 31.7 Å². The molecule has 16 heavy (non-hydrogen) atoms. The van der Waals surface area contributed by atoms with E-state index in [0.29, 0.717) is 0 Å². The van der Waals surface area contributed by atoms with Crippen molar-refractivity contribution in [1.29, 1.82) is 0 Å². The molecule has 1 nitrogen and oxygen atoms in total. The van der Waals surface area contributed by atoms with Gasteiger partial charge >= 0.3 is 0 Å². The molecule has 0 saturated heterocycles. The molecule has 0 aliphatic carbocycles. The van der Waals surface area contributed by atoms with Gasteiger partial charge in [-0.3, -0.25) is 4.90 Å². The molecule has 1 aliphatic heterocycles. The lowest BCUT2D eigenvalue weighted by Crippen LogP contribution is -2.25. The van der Waals surface area contributed by atoms with Gasteiger partial charge in [-0.25, -0.2) is 0 Å². The Kier molecular flexibility index (Phi) is 4.17. The summed E-state index contributed by atoms with van der Waals surface area (Å²) in [6.45, 7) is 6.81. The Morgan fingerprint density at radius 1 is 1.25 bits per heavy atom. The maximum Gasteiger partial charge on any atom is 0.0255 e. The van der Waals surface area contributed by atoms with Gasteiger partial charge in [-0.2, -0.15) is 0 Å². The number of hydrogen-bond donors (Lipinski definition) is 0. The molecule has 0 fully saturated rings. The molecule has 1 heteroatoms. The molecular formula is C15H20N. The quantitative estimate of drug-likeness (QED) is 0.738. The van der Waals surface area contributed by atoms with Gasteiger partial charge < -0.3 is 0 Å². The third-order valence-corrected chi connectivity index (χ3v) is 3.06. The summed E-state index contributed by atoms with van der Waals surface area (Å²) < 4.78 is 0. The summed E-state index contributed by atoms with van der Waals surface area (Å²) >= 11 is 0. The SMILES string of the molecule is CCC[CH]N1CC=C(c2ccccc2)CC1. The van der Waals surface area contributed by atoms with Crippen molar-refractivity contribution < 1.29 is 0 Å². The molecule has 0 saturated carbocycles. The summed E-state index contributed by atoms with van der Waals surface area (Å²) in [4.78, 5) is 2.43. The standard InChI is InChI=1S/C15H20N/c1-2-3-11-16-12-9-15(10-13-16)14-7-5-4-6-8-14/h4-9,11H,2-3,10,12-13H2,1H3. The fourth-order valence-electron chi connectivity index (χ4n) is 2.08. The molecular weight excluding hydrogens is 194 g/mol. The maximum atomic E-state index is 2.43. The first kappa shape index (κ1) is 11.4. The summed E-state index contributed by atoms with van der Waals surface area (Å²) in [7, 11) is 0. The highest BCUT2D eigenvalue weighted by Crippen LogP contribution is 2.22. The summed E-state index contributed by atoms with van der Waals surface area (Å²) in [5.41, 5.74) is 2.89. The van der Waals surface area contributed by atoms with Gasteiger partial charge in [0, 0.05) is 19.6 Å². The smallest absolute Gasteiger partial charge is 0.0255 e. The molecule has 0 spiro atoms. The van der Waals surface area contributed by atoms with Crippen molar-refractivity contribution in [3.8, 4) is 0 Å². The van der Waals surface area contributed by atoms with Crippen molar-refractivity contribution in [2.75, 3.05) is 13.1 Å². The van der Waals surface area contributed by atoms with E-state index in [1.165, 1.54) is 36.9 Å². The predicted molar refractivity (Wildman–Crippen MR) is 69.8 cm³/mol. The molecule has 0 bridgehead atoms. The van der Waals surface area contributed by atoms with E-state index in [2.05, 4.69) is 54.8 Å². The second kappa shape index (κ2) is 5.86. The Morgan fingerprint density at radius 2 is 2.06 bits per heavy atom. The third-order valence-electron chi connectivity index (χ3n) is 3.06. The van der Waals surface area contributed by atoms with E-state index >= 15 is 0 Å². The van der Waals surface area contributed by atoms with Gasteiger partial charge in [0.15, 0.2) is 0 Å². The summed E-state index contributed by atoms with van der Waals surface area (Å²) in [6, 6.07) is 10.7. The fraction of sp³-hybridized carbons (Fsp3) is 0.400. The number of hydrogen-bond acceptors (Lipinski definition) is 1. The topological polar surface area (TPSA) is 3.24 Å². The lowest BCUT2D eigenvalue weighted by atomic mass is 9.99. The van der Waals surface area contributed by atoms with Crippen molar-refractivity contribution in [3.05, 3.63) is 48.5 Å². The monoisotopic (exact) mass is 214 g/mol. The average molecular weight is 214 g/mol. The number of rotatable bonds is 4. The first-order valence-corrected chi connectivity index (χ1v) is 6.22. The van der Waals surface area contributed by atoms with Gasteiger partial charge in [-0.1, -0.05) is 49.8 Å². The minimum atomic E-state index is 1.07. The van der Waals surface area contributed by atoms with E-state index in [0.717, 1.165) is 6.54 Å². The Labute approximate surface area is 98.8 Å². The van der Waals surface area contributed by atoms with Crippen molar-refractivity contribution in [2.45, 2.75) is 26.2 Å². The van der Waals surface area contributed by atoms with Crippen LogP contribution in [0.4, 0.5) is 0 Å². The van der Waals surface area contributed by atoms with E-state index in [4.69, 9.17) is 0 Å². The van der Waals surface area contributed by atoms with Crippen LogP contribution in [0.25, 0.3) is 5.57 Å². The Bertz CT molecular complexity index is 340. The highest BCUT2D eigenvalue weighted by atomic mass is 15.1. The highest BCUT2D eigenvalue weighted by molar-refractivity contribution is 5.66. The first-order valence-electron chi connectivity index (χ1n) is 6.22. The zero-order valence-corrected chi connectivity index (χ0v) is 10.0. The molecule has 1 aliphatic rings. The molecule has 0 atom stereocenters. The van der Waals surface area contributed by atoms with Crippen LogP contribution in [-0.2, 0) is 0 Å². The van der Waals surface area contributed by atoms with Crippen LogP contribution in [0.3, 0.4) is 0 Å². The van der Waals surface area contributed by atoms with Gasteiger partial charge in [-0.15, -0.1) is 0 Å². The van der Waals surface area contributed by atoms with E-state index in [9.17, 15) is 0 Å². The molecule has 1 aromatic carbocycles. The summed E-state index contributed by atoms with van der Waals surface area (Å²) in [5, 5.41) is 0. The number of nitrogens with zero attached hydrogens (tertiary/aromatic N) is 1. The lowest BCUT2D eigenvalue weighted by Gasteiger charge is -2.25. The van der Waals surface area contributed by atoms with Crippen molar-refractivity contribution >= 4 is 5.57 Å². The molecule has 1 aromatic rings. The zero-order chi connectivity index (χ0) is 11.2. The molecule has 1 radical (unpaired) electrons.